The molecule has 2 nitrogen and oxygen atoms in total. The summed E-state index contributed by atoms with van der Waals surface area (Å²) >= 11 is 6.02. The Morgan fingerprint density at radius 2 is 1.84 bits per heavy atom. The molecule has 0 saturated heterocycles. The first-order valence-electron chi connectivity index (χ1n) is 8.47. The molecule has 4 heteroatoms. The zero-order chi connectivity index (χ0) is 17.4. The Morgan fingerprint density at radius 1 is 1.12 bits per heavy atom. The molecule has 0 radical (unpaired) electrons. The molecular weight excluding hydrogens is 335 g/mol. The highest BCUT2D eigenvalue weighted by Crippen LogP contribution is 2.41. The summed E-state index contributed by atoms with van der Waals surface area (Å²) in [6, 6.07) is 15.1. The molecule has 1 fully saturated rings. The van der Waals surface area contributed by atoms with Gasteiger partial charge in [-0.2, -0.15) is 5.26 Å². The number of fused-ring (bicyclic) bond motifs is 1. The van der Waals surface area contributed by atoms with Crippen molar-refractivity contribution in [3.8, 4) is 17.2 Å². The Bertz CT molecular complexity index is 986. The summed E-state index contributed by atoms with van der Waals surface area (Å²) in [5, 5.41) is 10.7. The smallest absolute Gasteiger partial charge is 0.143 e. The lowest BCUT2D eigenvalue weighted by Crippen LogP contribution is -2.04. The Balaban J connectivity index is 2.11. The van der Waals surface area contributed by atoms with Crippen LogP contribution in [0.5, 0.6) is 0 Å². The molecule has 0 N–H and O–H groups in total. The third-order valence-corrected chi connectivity index (χ3v) is 5.26. The molecule has 1 heterocycles. The maximum absolute atomic E-state index is 14.0. The first-order valence-corrected chi connectivity index (χ1v) is 8.85. The molecule has 0 bridgehead atoms. The quantitative estimate of drug-likeness (QED) is 0.549. The van der Waals surface area contributed by atoms with E-state index in [-0.39, 0.29) is 10.9 Å². The Hall–Kier alpha value is -2.44. The van der Waals surface area contributed by atoms with Crippen LogP contribution in [0.3, 0.4) is 0 Å². The SMILES string of the molecule is N#Cc1c(C2CCCC2)nc2cc(F)c(Cl)cc2c1-c1ccccc1. The summed E-state index contributed by atoms with van der Waals surface area (Å²) in [4.78, 5) is 4.69. The van der Waals surface area contributed by atoms with Crippen molar-refractivity contribution in [3.05, 3.63) is 64.6 Å². The van der Waals surface area contributed by atoms with Crippen LogP contribution in [0.15, 0.2) is 42.5 Å². The summed E-state index contributed by atoms with van der Waals surface area (Å²) in [5.41, 5.74) is 3.67. The fourth-order valence-corrected chi connectivity index (χ4v) is 3.95. The monoisotopic (exact) mass is 350 g/mol. The summed E-state index contributed by atoms with van der Waals surface area (Å²) < 4.78 is 14.0. The molecule has 0 atom stereocenters. The van der Waals surface area contributed by atoms with Gasteiger partial charge >= 0.3 is 0 Å². The van der Waals surface area contributed by atoms with Crippen LogP contribution >= 0.6 is 11.6 Å². The fourth-order valence-electron chi connectivity index (χ4n) is 3.79. The standard InChI is InChI=1S/C21H16ClFN2/c22-17-10-15-19(11-18(17)23)25-21(14-8-4-5-9-14)16(12-24)20(15)13-6-2-1-3-7-13/h1-3,6-7,10-11,14H,4-5,8-9H2. The molecule has 0 spiro atoms. The number of aromatic nitrogens is 1. The highest BCUT2D eigenvalue weighted by atomic mass is 35.5. The van der Waals surface area contributed by atoms with Gasteiger partial charge in [0.05, 0.1) is 21.8 Å². The molecular formula is C21H16ClFN2. The van der Waals surface area contributed by atoms with Gasteiger partial charge in [0, 0.05) is 22.9 Å². The number of halogens is 2. The van der Waals surface area contributed by atoms with E-state index in [0.717, 1.165) is 47.9 Å². The van der Waals surface area contributed by atoms with E-state index in [1.807, 2.05) is 30.3 Å². The topological polar surface area (TPSA) is 36.7 Å². The molecule has 1 saturated carbocycles. The highest BCUT2D eigenvalue weighted by molar-refractivity contribution is 6.31. The van der Waals surface area contributed by atoms with Crippen molar-refractivity contribution >= 4 is 22.5 Å². The van der Waals surface area contributed by atoms with Gasteiger partial charge in [-0.15, -0.1) is 0 Å². The van der Waals surface area contributed by atoms with Crippen molar-refractivity contribution in [1.29, 1.82) is 5.26 Å². The van der Waals surface area contributed by atoms with Crippen molar-refractivity contribution in [2.75, 3.05) is 0 Å². The summed E-state index contributed by atoms with van der Waals surface area (Å²) in [7, 11) is 0. The minimum atomic E-state index is -0.484. The zero-order valence-corrected chi connectivity index (χ0v) is 14.4. The van der Waals surface area contributed by atoms with Crippen molar-refractivity contribution in [3.63, 3.8) is 0 Å². The average molecular weight is 351 g/mol. The first kappa shape index (κ1) is 16.1. The maximum atomic E-state index is 14.0. The predicted octanol–water partition coefficient (Wildman–Crippen LogP) is 6.22. The van der Waals surface area contributed by atoms with Crippen molar-refractivity contribution < 1.29 is 4.39 Å². The lowest BCUT2D eigenvalue weighted by molar-refractivity contribution is 0.629. The normalized spacial score (nSPS) is 14.8. The van der Waals surface area contributed by atoms with E-state index >= 15 is 0 Å². The second-order valence-corrected chi connectivity index (χ2v) is 6.90. The number of hydrogen-bond acceptors (Lipinski definition) is 2. The van der Waals surface area contributed by atoms with Gasteiger partial charge in [-0.1, -0.05) is 54.8 Å². The number of pyridine rings is 1. The minimum absolute atomic E-state index is 0.0454. The van der Waals surface area contributed by atoms with Crippen LogP contribution < -0.4 is 0 Å². The van der Waals surface area contributed by atoms with Crippen LogP contribution in [0.2, 0.25) is 5.02 Å². The largest absolute Gasteiger partial charge is 0.251 e. The molecule has 1 aromatic heterocycles. The minimum Gasteiger partial charge on any atom is -0.251 e. The van der Waals surface area contributed by atoms with E-state index < -0.39 is 5.82 Å². The van der Waals surface area contributed by atoms with Gasteiger partial charge < -0.3 is 0 Å². The van der Waals surface area contributed by atoms with E-state index in [9.17, 15) is 9.65 Å². The van der Waals surface area contributed by atoms with Crippen molar-refractivity contribution in [1.82, 2.24) is 4.98 Å². The molecule has 0 amide bonds. The van der Waals surface area contributed by atoms with Gasteiger partial charge in [-0.25, -0.2) is 4.39 Å². The van der Waals surface area contributed by atoms with Gasteiger partial charge in [0.25, 0.3) is 0 Å². The van der Waals surface area contributed by atoms with E-state index in [2.05, 4.69) is 6.07 Å². The highest BCUT2D eigenvalue weighted by Gasteiger charge is 2.26. The van der Waals surface area contributed by atoms with E-state index in [1.54, 1.807) is 6.07 Å². The van der Waals surface area contributed by atoms with E-state index in [1.165, 1.54) is 6.07 Å². The first-order chi connectivity index (χ1) is 12.2. The van der Waals surface area contributed by atoms with E-state index in [4.69, 9.17) is 16.6 Å². The van der Waals surface area contributed by atoms with Crippen LogP contribution in [0.25, 0.3) is 22.0 Å². The van der Waals surface area contributed by atoms with E-state index in [0.29, 0.717) is 11.1 Å². The lowest BCUT2D eigenvalue weighted by Gasteiger charge is -2.17. The van der Waals surface area contributed by atoms with Gasteiger partial charge in [-0.05, 0) is 24.5 Å². The third-order valence-electron chi connectivity index (χ3n) is 4.97. The summed E-state index contributed by atoms with van der Waals surface area (Å²) in [6.45, 7) is 0. The molecule has 0 aliphatic heterocycles. The average Bonchev–Trinajstić information content (AvgIpc) is 3.16. The fraction of sp³-hybridized carbons (Fsp3) is 0.238. The molecule has 25 heavy (non-hydrogen) atoms. The van der Waals surface area contributed by atoms with Gasteiger partial charge in [-0.3, -0.25) is 4.98 Å². The molecule has 1 aliphatic rings. The molecule has 3 aromatic rings. The van der Waals surface area contributed by atoms with Crippen LogP contribution in [-0.4, -0.2) is 4.98 Å². The lowest BCUT2D eigenvalue weighted by atomic mass is 9.90. The van der Waals surface area contributed by atoms with Gasteiger partial charge in [0.1, 0.15) is 11.9 Å². The van der Waals surface area contributed by atoms with Crippen LogP contribution in [0, 0.1) is 17.1 Å². The van der Waals surface area contributed by atoms with Crippen LogP contribution in [-0.2, 0) is 0 Å². The predicted molar refractivity (Wildman–Crippen MR) is 98.1 cm³/mol. The second kappa shape index (κ2) is 6.46. The summed E-state index contributed by atoms with van der Waals surface area (Å²) in [6.07, 6.45) is 4.34. The van der Waals surface area contributed by atoms with Crippen molar-refractivity contribution in [2.45, 2.75) is 31.6 Å². The zero-order valence-electron chi connectivity index (χ0n) is 13.6. The van der Waals surface area contributed by atoms with Gasteiger partial charge in [0.2, 0.25) is 0 Å². The Kier molecular flexibility index (Phi) is 4.15. The molecule has 1 aliphatic carbocycles. The number of nitriles is 1. The second-order valence-electron chi connectivity index (χ2n) is 6.49. The maximum Gasteiger partial charge on any atom is 0.143 e. The summed E-state index contributed by atoms with van der Waals surface area (Å²) in [5.74, 6) is -0.219. The van der Waals surface area contributed by atoms with Crippen molar-refractivity contribution in [2.24, 2.45) is 0 Å². The molecule has 124 valence electrons. The number of benzene rings is 2. The Labute approximate surface area is 150 Å². The molecule has 0 unspecified atom stereocenters. The number of nitrogens with zero attached hydrogens (tertiary/aromatic N) is 2. The number of hydrogen-bond donors (Lipinski definition) is 0. The van der Waals surface area contributed by atoms with Crippen LogP contribution in [0.1, 0.15) is 42.9 Å². The Morgan fingerprint density at radius 3 is 2.52 bits per heavy atom. The third kappa shape index (κ3) is 2.77. The molecule has 4 rings (SSSR count). The van der Waals surface area contributed by atoms with Gasteiger partial charge in [0.15, 0.2) is 0 Å². The number of rotatable bonds is 2. The molecule has 2 aromatic carbocycles. The van der Waals surface area contributed by atoms with Crippen LogP contribution in [0.4, 0.5) is 4.39 Å².